The van der Waals surface area contributed by atoms with Crippen LogP contribution in [0.2, 0.25) is 0 Å². The van der Waals surface area contributed by atoms with Crippen LogP contribution < -0.4 is 0 Å². The van der Waals surface area contributed by atoms with Crippen molar-refractivity contribution in [3.63, 3.8) is 0 Å². The number of likely N-dealkylation sites (tertiary alicyclic amines) is 1. The minimum absolute atomic E-state index is 0.000801. The molecular weight excluding hydrogens is 230 g/mol. The molecule has 18 heavy (non-hydrogen) atoms. The highest BCUT2D eigenvalue weighted by atomic mass is 16.5. The van der Waals surface area contributed by atoms with Gasteiger partial charge in [0, 0.05) is 13.1 Å². The zero-order valence-electron chi connectivity index (χ0n) is 10.6. The number of phenolic OH excluding ortho intramolecular Hbond substituents is 1. The first-order chi connectivity index (χ1) is 8.69. The van der Waals surface area contributed by atoms with Crippen LogP contribution in [0.4, 0.5) is 0 Å². The molecule has 4 nitrogen and oxygen atoms in total. The van der Waals surface area contributed by atoms with Crippen LogP contribution in [0.3, 0.4) is 0 Å². The van der Waals surface area contributed by atoms with E-state index in [1.165, 1.54) is 7.11 Å². The molecule has 98 valence electrons. The Kier molecular flexibility index (Phi) is 4.20. The van der Waals surface area contributed by atoms with E-state index in [-0.39, 0.29) is 17.6 Å². The number of hydrogen-bond donors (Lipinski definition) is 1. The Labute approximate surface area is 107 Å². The van der Waals surface area contributed by atoms with Crippen LogP contribution in [0.5, 0.6) is 5.75 Å². The summed E-state index contributed by atoms with van der Waals surface area (Å²) in [4.78, 5) is 13.8. The van der Waals surface area contributed by atoms with E-state index in [0.29, 0.717) is 0 Å². The third kappa shape index (κ3) is 3.23. The second kappa shape index (κ2) is 5.87. The number of aromatic hydroxyl groups is 1. The van der Waals surface area contributed by atoms with Gasteiger partial charge in [0.2, 0.25) is 0 Å². The average molecular weight is 249 g/mol. The second-order valence-corrected chi connectivity index (χ2v) is 4.76. The molecule has 0 spiro atoms. The first kappa shape index (κ1) is 12.9. The summed E-state index contributed by atoms with van der Waals surface area (Å²) in [7, 11) is 1.45. The van der Waals surface area contributed by atoms with Crippen molar-refractivity contribution in [2.24, 2.45) is 5.92 Å². The molecule has 1 saturated heterocycles. The van der Waals surface area contributed by atoms with Gasteiger partial charge in [-0.15, -0.1) is 0 Å². The van der Waals surface area contributed by atoms with Gasteiger partial charge in [0.1, 0.15) is 5.75 Å². The first-order valence-electron chi connectivity index (χ1n) is 6.27. The number of carbonyl (C=O) groups excluding carboxylic acids is 1. The van der Waals surface area contributed by atoms with E-state index in [9.17, 15) is 9.90 Å². The van der Waals surface area contributed by atoms with Crippen molar-refractivity contribution in [2.75, 3.05) is 20.2 Å². The molecule has 1 N–H and O–H groups in total. The Morgan fingerprint density at radius 3 is 2.83 bits per heavy atom. The number of esters is 1. The highest BCUT2D eigenvalue weighted by Crippen LogP contribution is 2.20. The third-order valence-corrected chi connectivity index (χ3v) is 3.38. The fraction of sp³-hybridized carbons (Fsp3) is 0.500. The number of phenols is 1. The molecule has 1 aromatic rings. The molecule has 1 fully saturated rings. The van der Waals surface area contributed by atoms with Gasteiger partial charge in [-0.05, 0) is 37.1 Å². The summed E-state index contributed by atoms with van der Waals surface area (Å²) >= 11 is 0. The van der Waals surface area contributed by atoms with Crippen LogP contribution >= 0.6 is 0 Å². The maximum atomic E-state index is 11.5. The van der Waals surface area contributed by atoms with Crippen molar-refractivity contribution in [3.8, 4) is 5.75 Å². The first-order valence-corrected chi connectivity index (χ1v) is 6.27. The summed E-state index contributed by atoms with van der Waals surface area (Å²) in [6, 6.07) is 7.21. The molecule has 1 aromatic carbocycles. The average Bonchev–Trinajstić information content (AvgIpc) is 2.41. The van der Waals surface area contributed by atoms with E-state index < -0.39 is 0 Å². The Balaban J connectivity index is 1.93. The lowest BCUT2D eigenvalue weighted by atomic mass is 9.98. The normalized spacial score (nSPS) is 20.6. The largest absolute Gasteiger partial charge is 0.508 e. The molecule has 1 aliphatic heterocycles. The number of nitrogens with zero attached hydrogens (tertiary/aromatic N) is 1. The highest BCUT2D eigenvalue weighted by Gasteiger charge is 2.26. The second-order valence-electron chi connectivity index (χ2n) is 4.76. The molecule has 0 aliphatic carbocycles. The zero-order valence-corrected chi connectivity index (χ0v) is 10.6. The Bertz CT molecular complexity index is 402. The lowest BCUT2D eigenvalue weighted by Crippen LogP contribution is -2.38. The predicted molar refractivity (Wildman–Crippen MR) is 68.1 cm³/mol. The summed E-state index contributed by atoms with van der Waals surface area (Å²) in [6.07, 6.45) is 1.94. The highest BCUT2D eigenvalue weighted by molar-refractivity contribution is 5.72. The molecule has 0 aromatic heterocycles. The quantitative estimate of drug-likeness (QED) is 0.830. The van der Waals surface area contributed by atoms with Crippen LogP contribution in [0, 0.1) is 5.92 Å². The minimum atomic E-state index is -0.106. The topological polar surface area (TPSA) is 49.8 Å². The molecule has 4 heteroatoms. The van der Waals surface area contributed by atoms with Crippen molar-refractivity contribution in [1.82, 2.24) is 4.90 Å². The number of piperidine rings is 1. The smallest absolute Gasteiger partial charge is 0.309 e. The molecule has 0 amide bonds. The fourth-order valence-corrected chi connectivity index (χ4v) is 2.42. The maximum absolute atomic E-state index is 11.5. The number of carbonyl (C=O) groups is 1. The Morgan fingerprint density at radius 2 is 2.17 bits per heavy atom. The summed E-state index contributed by atoms with van der Waals surface area (Å²) in [5, 5.41) is 9.23. The summed E-state index contributed by atoms with van der Waals surface area (Å²) < 4.78 is 4.81. The van der Waals surface area contributed by atoms with Gasteiger partial charge in [-0.25, -0.2) is 0 Å². The van der Waals surface area contributed by atoms with Crippen LogP contribution in [0.1, 0.15) is 18.4 Å². The van der Waals surface area contributed by atoms with Crippen LogP contribution in [0.15, 0.2) is 24.3 Å². The van der Waals surface area contributed by atoms with Gasteiger partial charge < -0.3 is 9.84 Å². The number of hydrogen-bond acceptors (Lipinski definition) is 4. The van der Waals surface area contributed by atoms with E-state index in [1.54, 1.807) is 12.1 Å². The van der Waals surface area contributed by atoms with Crippen molar-refractivity contribution in [1.29, 1.82) is 0 Å². The van der Waals surface area contributed by atoms with Gasteiger partial charge in [0.15, 0.2) is 0 Å². The van der Waals surface area contributed by atoms with Crippen LogP contribution in [-0.4, -0.2) is 36.2 Å². The molecule has 1 heterocycles. The van der Waals surface area contributed by atoms with E-state index in [2.05, 4.69) is 4.90 Å². The van der Waals surface area contributed by atoms with Gasteiger partial charge in [-0.1, -0.05) is 12.1 Å². The van der Waals surface area contributed by atoms with Gasteiger partial charge >= 0.3 is 5.97 Å². The van der Waals surface area contributed by atoms with Crippen molar-refractivity contribution in [3.05, 3.63) is 29.8 Å². The molecule has 2 rings (SSSR count). The standard InChI is InChI=1S/C14H19NO3/c1-18-14(17)12-3-2-8-15(10-12)9-11-4-6-13(16)7-5-11/h4-7,12,16H,2-3,8-10H2,1H3/t12-/m0/s1. The van der Waals surface area contributed by atoms with Crippen LogP contribution in [0.25, 0.3) is 0 Å². The predicted octanol–water partition coefficient (Wildman–Crippen LogP) is 1.78. The van der Waals surface area contributed by atoms with Crippen molar-refractivity contribution < 1.29 is 14.6 Å². The van der Waals surface area contributed by atoms with E-state index in [1.807, 2.05) is 12.1 Å². The maximum Gasteiger partial charge on any atom is 0.309 e. The van der Waals surface area contributed by atoms with E-state index in [0.717, 1.165) is 38.0 Å². The van der Waals surface area contributed by atoms with E-state index >= 15 is 0 Å². The third-order valence-electron chi connectivity index (χ3n) is 3.38. The molecule has 0 unspecified atom stereocenters. The molecule has 1 atom stereocenters. The van der Waals surface area contributed by atoms with Gasteiger partial charge in [-0.3, -0.25) is 9.69 Å². The van der Waals surface area contributed by atoms with Gasteiger partial charge in [-0.2, -0.15) is 0 Å². The van der Waals surface area contributed by atoms with Crippen LogP contribution in [-0.2, 0) is 16.1 Å². The fourth-order valence-electron chi connectivity index (χ4n) is 2.42. The summed E-state index contributed by atoms with van der Waals surface area (Å²) in [5.74, 6) is 0.177. The molecule has 1 aliphatic rings. The monoisotopic (exact) mass is 249 g/mol. The molecule has 0 radical (unpaired) electrons. The lowest BCUT2D eigenvalue weighted by Gasteiger charge is -2.31. The Morgan fingerprint density at radius 1 is 1.44 bits per heavy atom. The van der Waals surface area contributed by atoms with Crippen molar-refractivity contribution in [2.45, 2.75) is 19.4 Å². The SMILES string of the molecule is COC(=O)[C@H]1CCCN(Cc2ccc(O)cc2)C1. The lowest BCUT2D eigenvalue weighted by molar-refractivity contribution is -0.147. The summed E-state index contributed by atoms with van der Waals surface area (Å²) in [6.45, 7) is 2.58. The molecule has 0 saturated carbocycles. The number of ether oxygens (including phenoxy) is 1. The Hall–Kier alpha value is -1.55. The zero-order chi connectivity index (χ0) is 13.0. The van der Waals surface area contributed by atoms with Crippen molar-refractivity contribution >= 4 is 5.97 Å². The molecule has 0 bridgehead atoms. The number of rotatable bonds is 3. The number of benzene rings is 1. The molecular formula is C14H19NO3. The summed E-state index contributed by atoms with van der Waals surface area (Å²) in [5.41, 5.74) is 1.15. The van der Waals surface area contributed by atoms with Gasteiger partial charge in [0.05, 0.1) is 13.0 Å². The van der Waals surface area contributed by atoms with E-state index in [4.69, 9.17) is 4.74 Å². The number of methoxy groups -OCH3 is 1. The minimum Gasteiger partial charge on any atom is -0.508 e. The van der Waals surface area contributed by atoms with Gasteiger partial charge in [0.25, 0.3) is 0 Å².